The van der Waals surface area contributed by atoms with E-state index in [-0.39, 0.29) is 11.4 Å². The topological polar surface area (TPSA) is 46.9 Å². The summed E-state index contributed by atoms with van der Waals surface area (Å²) in [6.07, 6.45) is -4.80. The first-order valence-electron chi connectivity index (χ1n) is 4.32. The van der Waals surface area contributed by atoms with Crippen LogP contribution in [0.1, 0.15) is 5.69 Å². The molecule has 1 N–H and O–H groups in total. The van der Waals surface area contributed by atoms with Crippen molar-refractivity contribution in [1.82, 2.24) is 9.78 Å². The van der Waals surface area contributed by atoms with E-state index in [1.54, 1.807) is 0 Å². The van der Waals surface area contributed by atoms with Crippen molar-refractivity contribution in [2.75, 3.05) is 5.32 Å². The number of carbonyl (C=O) groups excluding carboxylic acids is 1. The Labute approximate surface area is 92.4 Å². The Morgan fingerprint density at radius 1 is 1.35 bits per heavy atom. The lowest BCUT2D eigenvalue weighted by atomic mass is 10.3. The second-order valence-corrected chi connectivity index (χ2v) is 3.33. The summed E-state index contributed by atoms with van der Waals surface area (Å²) < 4.78 is 61.9. The first-order valence-corrected chi connectivity index (χ1v) is 4.32. The lowest BCUT2D eigenvalue weighted by molar-refractivity contribution is -0.267. The number of nitrogens with one attached hydrogen (secondary N) is 1. The number of alkyl halides is 5. The van der Waals surface area contributed by atoms with Gasteiger partial charge in [-0.3, -0.25) is 9.48 Å². The molecule has 0 aliphatic carbocycles. The summed E-state index contributed by atoms with van der Waals surface area (Å²) in [5, 5.41) is 5.17. The van der Waals surface area contributed by atoms with Crippen molar-refractivity contribution in [2.24, 2.45) is 7.05 Å². The molecule has 96 valence electrons. The molecule has 0 aliphatic rings. The second-order valence-electron chi connectivity index (χ2n) is 3.33. The molecule has 0 aromatic carbocycles. The highest BCUT2D eigenvalue weighted by Crippen LogP contribution is 2.36. The van der Waals surface area contributed by atoms with Gasteiger partial charge < -0.3 is 5.32 Å². The van der Waals surface area contributed by atoms with Crippen molar-refractivity contribution in [2.45, 2.75) is 19.0 Å². The zero-order valence-corrected chi connectivity index (χ0v) is 8.77. The molecule has 0 fully saturated rings. The van der Waals surface area contributed by atoms with Gasteiger partial charge in [0.15, 0.2) is 0 Å². The fraction of sp³-hybridized carbons (Fsp3) is 0.500. The van der Waals surface area contributed by atoms with Crippen molar-refractivity contribution < 1.29 is 26.7 Å². The fourth-order valence-corrected chi connectivity index (χ4v) is 1.05. The van der Waals surface area contributed by atoms with Crippen molar-refractivity contribution in [1.29, 1.82) is 0 Å². The largest absolute Gasteiger partial charge is 0.463 e. The van der Waals surface area contributed by atoms with Crippen molar-refractivity contribution in [3.63, 3.8) is 0 Å². The summed E-state index contributed by atoms with van der Waals surface area (Å²) in [5.41, 5.74) is -0.0553. The number of anilines is 1. The molecule has 4 nitrogen and oxygen atoms in total. The van der Waals surface area contributed by atoms with Gasteiger partial charge >= 0.3 is 18.0 Å². The molecule has 0 radical (unpaired) electrons. The molecule has 17 heavy (non-hydrogen) atoms. The number of hydrogen-bond donors (Lipinski definition) is 1. The lowest BCUT2D eigenvalue weighted by Crippen LogP contribution is -2.47. The summed E-state index contributed by atoms with van der Waals surface area (Å²) in [5.74, 6) is -7.86. The van der Waals surface area contributed by atoms with Crippen LogP contribution in [0, 0.1) is 6.92 Å². The molecule has 0 saturated carbocycles. The Kier molecular flexibility index (Phi) is 3.13. The van der Waals surface area contributed by atoms with Gasteiger partial charge in [-0.05, 0) is 6.92 Å². The van der Waals surface area contributed by atoms with Crippen LogP contribution in [0.3, 0.4) is 0 Å². The summed E-state index contributed by atoms with van der Waals surface area (Å²) in [7, 11) is 1.44. The van der Waals surface area contributed by atoms with Crippen LogP contribution in [0.2, 0.25) is 0 Å². The molecule has 0 unspecified atom stereocenters. The molecule has 1 heterocycles. The van der Waals surface area contributed by atoms with Gasteiger partial charge in [-0.1, -0.05) is 0 Å². The summed E-state index contributed by atoms with van der Waals surface area (Å²) in [6.45, 7) is 1.36. The van der Waals surface area contributed by atoms with Gasteiger partial charge in [0.2, 0.25) is 0 Å². The van der Waals surface area contributed by atoms with E-state index in [4.69, 9.17) is 0 Å². The van der Waals surface area contributed by atoms with Crippen LogP contribution in [-0.2, 0) is 11.8 Å². The number of rotatable bonds is 2. The highest BCUT2D eigenvalue weighted by Gasteiger charge is 2.63. The molecule has 1 amide bonds. The average molecular weight is 257 g/mol. The number of aromatic nitrogens is 2. The minimum absolute atomic E-state index is 0.138. The van der Waals surface area contributed by atoms with E-state index in [2.05, 4.69) is 5.10 Å². The molecular weight excluding hydrogens is 249 g/mol. The number of nitrogens with zero attached hydrogens (tertiary/aromatic N) is 2. The summed E-state index contributed by atoms with van der Waals surface area (Å²) in [4.78, 5) is 10.8. The van der Waals surface area contributed by atoms with Gasteiger partial charge in [-0.25, -0.2) is 0 Å². The van der Waals surface area contributed by atoms with Gasteiger partial charge in [0.1, 0.15) is 0 Å². The first kappa shape index (κ1) is 13.4. The van der Waals surface area contributed by atoms with Crippen LogP contribution in [-0.4, -0.2) is 27.8 Å². The number of aryl methyl sites for hydroxylation is 2. The maximum atomic E-state index is 12.6. The normalized spacial score (nSPS) is 12.6. The molecule has 1 rings (SSSR count). The van der Waals surface area contributed by atoms with Crippen LogP contribution in [0.25, 0.3) is 0 Å². The number of halogens is 5. The first-order chi connectivity index (χ1) is 7.55. The van der Waals surface area contributed by atoms with Crippen LogP contribution in [0.5, 0.6) is 0 Å². The number of amides is 1. The SMILES string of the molecule is Cc1nn(C)cc1NC(=O)C(F)(F)C(F)(F)F. The molecule has 1 aromatic heterocycles. The molecule has 9 heteroatoms. The van der Waals surface area contributed by atoms with E-state index in [0.717, 1.165) is 6.20 Å². The van der Waals surface area contributed by atoms with E-state index in [1.165, 1.54) is 24.0 Å². The zero-order valence-electron chi connectivity index (χ0n) is 8.77. The molecule has 0 bridgehead atoms. The zero-order chi connectivity index (χ0) is 13.4. The lowest BCUT2D eigenvalue weighted by Gasteiger charge is -2.18. The third-order valence-electron chi connectivity index (χ3n) is 1.90. The van der Waals surface area contributed by atoms with Gasteiger partial charge in [0, 0.05) is 13.2 Å². The molecular formula is C8H8F5N3O. The van der Waals surface area contributed by atoms with Crippen molar-refractivity contribution in [3.8, 4) is 0 Å². The van der Waals surface area contributed by atoms with Gasteiger partial charge in [0.25, 0.3) is 0 Å². The van der Waals surface area contributed by atoms with E-state index >= 15 is 0 Å². The minimum atomic E-state index is -5.92. The minimum Gasteiger partial charge on any atom is -0.318 e. The Balaban J connectivity index is 2.90. The van der Waals surface area contributed by atoms with Crippen LogP contribution >= 0.6 is 0 Å². The van der Waals surface area contributed by atoms with Gasteiger partial charge in [0.05, 0.1) is 11.4 Å². The average Bonchev–Trinajstić information content (AvgIpc) is 2.43. The maximum absolute atomic E-state index is 12.6. The number of carbonyl (C=O) groups is 1. The second kappa shape index (κ2) is 3.97. The maximum Gasteiger partial charge on any atom is 0.463 e. The fourth-order valence-electron chi connectivity index (χ4n) is 1.05. The van der Waals surface area contributed by atoms with Crippen molar-refractivity contribution >= 4 is 11.6 Å². The third kappa shape index (κ3) is 2.53. The monoisotopic (exact) mass is 257 g/mol. The molecule has 0 saturated heterocycles. The summed E-state index contributed by atoms with van der Waals surface area (Å²) in [6, 6.07) is 0. The molecule has 1 aromatic rings. The van der Waals surface area contributed by atoms with E-state index in [1.807, 2.05) is 0 Å². The Morgan fingerprint density at radius 3 is 2.24 bits per heavy atom. The van der Waals surface area contributed by atoms with Gasteiger partial charge in [-0.2, -0.15) is 27.1 Å². The highest BCUT2D eigenvalue weighted by atomic mass is 19.4. The van der Waals surface area contributed by atoms with Crippen LogP contribution in [0.4, 0.5) is 27.6 Å². The van der Waals surface area contributed by atoms with E-state index in [9.17, 15) is 26.7 Å². The smallest absolute Gasteiger partial charge is 0.318 e. The molecule has 0 aliphatic heterocycles. The predicted molar refractivity (Wildman–Crippen MR) is 47.6 cm³/mol. The number of hydrogen-bond acceptors (Lipinski definition) is 2. The third-order valence-corrected chi connectivity index (χ3v) is 1.90. The standard InChI is InChI=1S/C8H8F5N3O/c1-4-5(3-16(2)15-4)14-6(17)7(9,10)8(11,12)13/h3H,1-2H3,(H,14,17). The summed E-state index contributed by atoms with van der Waals surface area (Å²) >= 11 is 0. The Hall–Kier alpha value is -1.67. The van der Waals surface area contributed by atoms with Crippen LogP contribution in [0.15, 0.2) is 6.20 Å². The quantitative estimate of drug-likeness (QED) is 0.822. The van der Waals surface area contributed by atoms with Crippen molar-refractivity contribution in [3.05, 3.63) is 11.9 Å². The van der Waals surface area contributed by atoms with Crippen LogP contribution < -0.4 is 5.32 Å². The Morgan fingerprint density at radius 2 is 1.88 bits per heavy atom. The molecule has 0 spiro atoms. The van der Waals surface area contributed by atoms with Gasteiger partial charge in [-0.15, -0.1) is 0 Å². The van der Waals surface area contributed by atoms with E-state index < -0.39 is 18.0 Å². The highest BCUT2D eigenvalue weighted by molar-refractivity contribution is 5.97. The predicted octanol–water partition coefficient (Wildman–Crippen LogP) is 1.86. The Bertz CT molecular complexity index is 437. The van der Waals surface area contributed by atoms with E-state index in [0.29, 0.717) is 0 Å². The molecule has 0 atom stereocenters.